The number of carboxylic acids is 1. The summed E-state index contributed by atoms with van der Waals surface area (Å²) in [7, 11) is 0. The van der Waals surface area contributed by atoms with Gasteiger partial charge in [-0.2, -0.15) is 0 Å². The van der Waals surface area contributed by atoms with Crippen molar-refractivity contribution in [2.24, 2.45) is 0 Å². The number of hydrogen-bond acceptors (Lipinski definition) is 2. The number of carbonyl (C=O) groups is 2. The molecule has 2 rings (SSSR count). The van der Waals surface area contributed by atoms with E-state index in [4.69, 9.17) is 5.11 Å². The molecule has 1 amide bonds. The third-order valence-corrected chi connectivity index (χ3v) is 2.46. The van der Waals surface area contributed by atoms with Gasteiger partial charge in [0.1, 0.15) is 5.70 Å². The first-order valence-electron chi connectivity index (χ1n) is 4.10. The van der Waals surface area contributed by atoms with Gasteiger partial charge in [0.2, 0.25) is 0 Å². The molecule has 0 bridgehead atoms. The normalized spacial score (nSPS) is 28.5. The summed E-state index contributed by atoms with van der Waals surface area (Å²) in [6.07, 6.45) is 3.98. The van der Waals surface area contributed by atoms with Gasteiger partial charge in [0.05, 0.1) is 6.04 Å². The van der Waals surface area contributed by atoms with E-state index in [9.17, 15) is 9.59 Å². The summed E-state index contributed by atoms with van der Waals surface area (Å²) < 4.78 is 0. The zero-order valence-corrected chi connectivity index (χ0v) is 7.15. The minimum Gasteiger partial charge on any atom is -0.477 e. The molecular weight excluding hydrogens is 170 g/mol. The molecule has 1 unspecified atom stereocenters. The summed E-state index contributed by atoms with van der Waals surface area (Å²) in [6.45, 7) is 1.79. The van der Waals surface area contributed by atoms with E-state index in [1.165, 1.54) is 4.90 Å². The first-order valence-corrected chi connectivity index (χ1v) is 4.10. The van der Waals surface area contributed by atoms with E-state index >= 15 is 0 Å². The van der Waals surface area contributed by atoms with Crippen LogP contribution in [0.2, 0.25) is 0 Å². The molecule has 1 fully saturated rings. The Morgan fingerprint density at radius 1 is 1.77 bits per heavy atom. The van der Waals surface area contributed by atoms with E-state index in [0.717, 1.165) is 5.57 Å². The first-order chi connectivity index (χ1) is 6.16. The lowest BCUT2D eigenvalue weighted by atomic mass is 9.95. The van der Waals surface area contributed by atoms with E-state index in [1.54, 1.807) is 19.1 Å². The smallest absolute Gasteiger partial charge is 0.352 e. The van der Waals surface area contributed by atoms with Crippen molar-refractivity contribution in [3.05, 3.63) is 23.4 Å². The van der Waals surface area contributed by atoms with Crippen LogP contribution < -0.4 is 0 Å². The van der Waals surface area contributed by atoms with Crippen LogP contribution >= 0.6 is 0 Å². The fourth-order valence-electron chi connectivity index (χ4n) is 1.83. The average molecular weight is 179 g/mol. The van der Waals surface area contributed by atoms with Crippen LogP contribution in [0.15, 0.2) is 23.4 Å². The monoisotopic (exact) mass is 179 g/mol. The zero-order chi connectivity index (χ0) is 9.59. The molecule has 0 aliphatic carbocycles. The van der Waals surface area contributed by atoms with Gasteiger partial charge in [0.25, 0.3) is 5.91 Å². The Kier molecular flexibility index (Phi) is 1.52. The van der Waals surface area contributed by atoms with Crippen molar-refractivity contribution in [3.63, 3.8) is 0 Å². The van der Waals surface area contributed by atoms with Gasteiger partial charge in [0.15, 0.2) is 0 Å². The van der Waals surface area contributed by atoms with Gasteiger partial charge in [-0.05, 0) is 13.3 Å². The van der Waals surface area contributed by atoms with Gasteiger partial charge in [0, 0.05) is 5.57 Å². The second-order valence-electron chi connectivity index (χ2n) is 3.07. The van der Waals surface area contributed by atoms with Gasteiger partial charge < -0.3 is 5.11 Å². The molecule has 4 nitrogen and oxygen atoms in total. The highest BCUT2D eigenvalue weighted by atomic mass is 16.4. The highest BCUT2D eigenvalue weighted by molar-refractivity contribution is 6.08. The van der Waals surface area contributed by atoms with Crippen LogP contribution in [0.3, 0.4) is 0 Å². The molecule has 2 aliphatic heterocycles. The Labute approximate surface area is 75.1 Å². The van der Waals surface area contributed by atoms with Crippen molar-refractivity contribution >= 4 is 11.9 Å². The summed E-state index contributed by atoms with van der Waals surface area (Å²) in [6, 6.07) is -0.0106. The minimum absolute atomic E-state index is 0.0106. The van der Waals surface area contributed by atoms with Crippen molar-refractivity contribution in [2.75, 3.05) is 0 Å². The SMILES string of the molecule is C/C=C1/C(=O)N2C(C(=O)O)=CCC12. The van der Waals surface area contributed by atoms with Crippen LogP contribution in [0.25, 0.3) is 0 Å². The largest absolute Gasteiger partial charge is 0.477 e. The van der Waals surface area contributed by atoms with Crippen molar-refractivity contribution in [2.45, 2.75) is 19.4 Å². The lowest BCUT2D eigenvalue weighted by molar-refractivity contribution is -0.142. The van der Waals surface area contributed by atoms with Crippen LogP contribution in [0.1, 0.15) is 13.3 Å². The maximum Gasteiger partial charge on any atom is 0.352 e. The van der Waals surface area contributed by atoms with Gasteiger partial charge in [-0.3, -0.25) is 9.69 Å². The molecular formula is C9H9NO3. The summed E-state index contributed by atoms with van der Waals surface area (Å²) in [5.74, 6) is -1.19. The molecule has 1 atom stereocenters. The number of β-lactam (4-membered cyclic amide) rings is 1. The molecule has 2 heterocycles. The predicted molar refractivity (Wildman–Crippen MR) is 44.7 cm³/mol. The van der Waals surface area contributed by atoms with Gasteiger partial charge in [-0.15, -0.1) is 0 Å². The molecule has 0 aromatic heterocycles. The lowest BCUT2D eigenvalue weighted by Crippen LogP contribution is -2.52. The van der Waals surface area contributed by atoms with Crippen LogP contribution in [-0.4, -0.2) is 27.9 Å². The molecule has 0 aromatic rings. The molecule has 0 saturated carbocycles. The molecule has 0 radical (unpaired) electrons. The Bertz CT molecular complexity index is 354. The second-order valence-corrected chi connectivity index (χ2v) is 3.07. The van der Waals surface area contributed by atoms with Gasteiger partial charge >= 0.3 is 5.97 Å². The number of nitrogens with zero attached hydrogens (tertiary/aromatic N) is 1. The Morgan fingerprint density at radius 3 is 3.00 bits per heavy atom. The number of rotatable bonds is 1. The Morgan fingerprint density at radius 2 is 2.46 bits per heavy atom. The van der Waals surface area contributed by atoms with Gasteiger partial charge in [-0.25, -0.2) is 4.79 Å². The third-order valence-electron chi connectivity index (χ3n) is 2.46. The molecule has 4 heteroatoms. The van der Waals surface area contributed by atoms with Crippen LogP contribution in [-0.2, 0) is 9.59 Å². The quantitative estimate of drug-likeness (QED) is 0.471. The highest BCUT2D eigenvalue weighted by Gasteiger charge is 2.47. The first kappa shape index (κ1) is 8.04. The average Bonchev–Trinajstić information content (AvgIpc) is 2.45. The fourth-order valence-corrected chi connectivity index (χ4v) is 1.83. The molecule has 1 saturated heterocycles. The van der Waals surface area contributed by atoms with Gasteiger partial charge in [-0.1, -0.05) is 12.2 Å². The summed E-state index contributed by atoms with van der Waals surface area (Å²) in [4.78, 5) is 23.3. The highest BCUT2D eigenvalue weighted by Crippen LogP contribution is 2.37. The molecule has 1 N–H and O–H groups in total. The topological polar surface area (TPSA) is 57.6 Å². The Hall–Kier alpha value is -1.58. The van der Waals surface area contributed by atoms with E-state index in [-0.39, 0.29) is 17.6 Å². The molecule has 68 valence electrons. The number of carbonyl (C=O) groups excluding carboxylic acids is 1. The summed E-state index contributed by atoms with van der Waals surface area (Å²) in [5.41, 5.74) is 0.855. The van der Waals surface area contributed by atoms with Crippen LogP contribution in [0.4, 0.5) is 0 Å². The van der Waals surface area contributed by atoms with Crippen molar-refractivity contribution in [3.8, 4) is 0 Å². The standard InChI is InChI=1S/C9H9NO3/c1-2-5-6-3-4-7(9(12)13)10(6)8(5)11/h2,4,6H,3H2,1H3,(H,12,13)/b5-2+. The molecule has 2 aliphatic rings. The third kappa shape index (κ3) is 0.854. The zero-order valence-electron chi connectivity index (χ0n) is 7.15. The number of amides is 1. The fraction of sp³-hybridized carbons (Fsp3) is 0.333. The van der Waals surface area contributed by atoms with Crippen molar-refractivity contribution < 1.29 is 14.7 Å². The van der Waals surface area contributed by atoms with Crippen LogP contribution in [0.5, 0.6) is 0 Å². The van der Waals surface area contributed by atoms with E-state index in [2.05, 4.69) is 0 Å². The lowest BCUT2D eigenvalue weighted by Gasteiger charge is -2.38. The minimum atomic E-state index is -1.02. The molecule has 13 heavy (non-hydrogen) atoms. The van der Waals surface area contributed by atoms with E-state index in [1.807, 2.05) is 0 Å². The molecule has 0 spiro atoms. The van der Waals surface area contributed by atoms with E-state index in [0.29, 0.717) is 6.42 Å². The second kappa shape index (κ2) is 2.45. The number of hydrogen-bond donors (Lipinski definition) is 1. The summed E-state index contributed by atoms with van der Waals surface area (Å²) in [5, 5.41) is 8.73. The van der Waals surface area contributed by atoms with Crippen molar-refractivity contribution in [1.29, 1.82) is 0 Å². The number of carboxylic acid groups (broad SMARTS) is 1. The number of aliphatic carboxylic acids is 1. The van der Waals surface area contributed by atoms with Crippen molar-refractivity contribution in [1.82, 2.24) is 4.90 Å². The predicted octanol–water partition coefficient (Wildman–Crippen LogP) is 0.516. The number of fused-ring (bicyclic) bond motifs is 1. The maximum atomic E-state index is 11.3. The number of allylic oxidation sites excluding steroid dienone is 1. The van der Waals surface area contributed by atoms with Crippen LogP contribution in [0, 0.1) is 0 Å². The Balaban J connectivity index is 2.28. The van der Waals surface area contributed by atoms with E-state index < -0.39 is 5.97 Å². The maximum absolute atomic E-state index is 11.3. The summed E-state index contributed by atoms with van der Waals surface area (Å²) >= 11 is 0. The molecule has 0 aromatic carbocycles.